The Bertz CT molecular complexity index is 990. The highest BCUT2D eigenvalue weighted by Gasteiger charge is 2.21. The second-order valence-corrected chi connectivity index (χ2v) is 8.05. The van der Waals surface area contributed by atoms with Gasteiger partial charge in [0.2, 0.25) is 5.91 Å². The van der Waals surface area contributed by atoms with E-state index in [1.165, 1.54) is 6.07 Å². The smallest absolute Gasteiger partial charge is 0.337 e. The van der Waals surface area contributed by atoms with Crippen LogP contribution in [0.1, 0.15) is 34.1 Å². The molecule has 1 aliphatic heterocycles. The highest BCUT2D eigenvalue weighted by atomic mass is 35.5. The summed E-state index contributed by atoms with van der Waals surface area (Å²) < 4.78 is 0. The minimum Gasteiger partial charge on any atom is -0.478 e. The molecule has 1 saturated heterocycles. The monoisotopic (exact) mass is 458 g/mol. The van der Waals surface area contributed by atoms with Crippen molar-refractivity contribution in [3.05, 3.63) is 58.6 Å². The maximum absolute atomic E-state index is 12.5. The van der Waals surface area contributed by atoms with Gasteiger partial charge in [-0.1, -0.05) is 24.6 Å². The van der Waals surface area contributed by atoms with E-state index in [1.54, 1.807) is 36.4 Å². The molecule has 0 bridgehead atoms. The van der Waals surface area contributed by atoms with Gasteiger partial charge in [-0.15, -0.1) is 0 Å². The molecule has 0 spiro atoms. The third kappa shape index (κ3) is 6.21. The van der Waals surface area contributed by atoms with Crippen LogP contribution in [-0.2, 0) is 4.79 Å². The fraction of sp³-hybridized carbons (Fsp3) is 0.348. The number of carboxylic acid groups (broad SMARTS) is 1. The van der Waals surface area contributed by atoms with Gasteiger partial charge in [0.1, 0.15) is 0 Å². The van der Waals surface area contributed by atoms with Crippen molar-refractivity contribution in [2.75, 3.05) is 49.5 Å². The first-order valence-electron chi connectivity index (χ1n) is 10.6. The Hall–Kier alpha value is -3.10. The zero-order valence-corrected chi connectivity index (χ0v) is 18.7. The summed E-state index contributed by atoms with van der Waals surface area (Å²) in [6, 6.07) is 11.4. The number of nitrogens with zero attached hydrogens (tertiary/aromatic N) is 2. The number of piperazine rings is 1. The topological polar surface area (TPSA) is 102 Å². The lowest BCUT2D eigenvalue weighted by molar-refractivity contribution is -0.122. The van der Waals surface area contributed by atoms with Gasteiger partial charge in [0, 0.05) is 49.0 Å². The first kappa shape index (κ1) is 23.6. The standard InChI is InChI=1S/C23H27ClN4O4/c1-2-8-25-21(29)15-27-9-11-28(12-10-27)18-6-7-20(19(14-18)23(31)32)26-22(30)16-4-3-5-17(24)13-16/h3-7,13-14H,2,8-12,15H2,1H3,(H,25,29)(H,26,30)(H,31,32). The number of carboxylic acids is 1. The lowest BCUT2D eigenvalue weighted by Crippen LogP contribution is -2.49. The van der Waals surface area contributed by atoms with Gasteiger partial charge in [-0.05, 0) is 42.8 Å². The molecule has 1 aliphatic rings. The minimum atomic E-state index is -1.13. The average Bonchev–Trinajstić information content (AvgIpc) is 2.78. The molecule has 1 fully saturated rings. The Morgan fingerprint density at radius 3 is 2.47 bits per heavy atom. The van der Waals surface area contributed by atoms with Crippen LogP contribution >= 0.6 is 11.6 Å². The summed E-state index contributed by atoms with van der Waals surface area (Å²) in [5.74, 6) is -1.54. The van der Waals surface area contributed by atoms with Gasteiger partial charge in [0.15, 0.2) is 0 Å². The lowest BCUT2D eigenvalue weighted by atomic mass is 10.1. The molecule has 0 unspecified atom stereocenters. The molecule has 8 nitrogen and oxygen atoms in total. The summed E-state index contributed by atoms with van der Waals surface area (Å²) in [5, 5.41) is 15.6. The van der Waals surface area contributed by atoms with E-state index in [9.17, 15) is 19.5 Å². The predicted octanol–water partition coefficient (Wildman–Crippen LogP) is 2.94. The van der Waals surface area contributed by atoms with Crippen molar-refractivity contribution in [2.24, 2.45) is 0 Å². The second-order valence-electron chi connectivity index (χ2n) is 7.61. The van der Waals surface area contributed by atoms with E-state index < -0.39 is 11.9 Å². The molecule has 170 valence electrons. The molecule has 2 amide bonds. The number of hydrogen-bond donors (Lipinski definition) is 3. The van der Waals surface area contributed by atoms with Gasteiger partial charge in [0.25, 0.3) is 5.91 Å². The van der Waals surface area contributed by atoms with Gasteiger partial charge in [-0.25, -0.2) is 4.79 Å². The number of anilines is 2. The highest BCUT2D eigenvalue weighted by molar-refractivity contribution is 6.31. The molecule has 3 rings (SSSR count). The van der Waals surface area contributed by atoms with Gasteiger partial charge in [0.05, 0.1) is 17.8 Å². The van der Waals surface area contributed by atoms with E-state index in [-0.39, 0.29) is 17.2 Å². The van der Waals surface area contributed by atoms with Crippen molar-refractivity contribution in [2.45, 2.75) is 13.3 Å². The van der Waals surface area contributed by atoms with Crippen LogP contribution in [0.3, 0.4) is 0 Å². The summed E-state index contributed by atoms with van der Waals surface area (Å²) in [5.41, 5.74) is 1.34. The molecule has 2 aromatic carbocycles. The van der Waals surface area contributed by atoms with Crippen LogP contribution in [0.5, 0.6) is 0 Å². The summed E-state index contributed by atoms with van der Waals surface area (Å²) in [6.07, 6.45) is 0.904. The Labute approximate surface area is 192 Å². The SMILES string of the molecule is CCCNC(=O)CN1CCN(c2ccc(NC(=O)c3cccc(Cl)c3)c(C(=O)O)c2)CC1. The number of aromatic carboxylic acids is 1. The molecule has 32 heavy (non-hydrogen) atoms. The van der Waals surface area contributed by atoms with Crippen molar-refractivity contribution < 1.29 is 19.5 Å². The highest BCUT2D eigenvalue weighted by Crippen LogP contribution is 2.25. The Balaban J connectivity index is 1.65. The Kier molecular flexibility index (Phi) is 8.08. The normalized spacial score (nSPS) is 14.1. The number of rotatable bonds is 8. The average molecular weight is 459 g/mol. The number of halogens is 1. The largest absolute Gasteiger partial charge is 0.478 e. The quantitative estimate of drug-likeness (QED) is 0.562. The molecule has 2 aromatic rings. The van der Waals surface area contributed by atoms with Crippen molar-refractivity contribution in [1.82, 2.24) is 10.2 Å². The third-order valence-corrected chi connectivity index (χ3v) is 5.48. The van der Waals surface area contributed by atoms with E-state index in [0.717, 1.165) is 12.1 Å². The lowest BCUT2D eigenvalue weighted by Gasteiger charge is -2.36. The van der Waals surface area contributed by atoms with Crippen LogP contribution in [-0.4, -0.2) is 67.1 Å². The summed E-state index contributed by atoms with van der Waals surface area (Å²) in [4.78, 5) is 40.4. The van der Waals surface area contributed by atoms with Gasteiger partial charge in [-0.3, -0.25) is 14.5 Å². The number of benzene rings is 2. The van der Waals surface area contributed by atoms with Crippen LogP contribution in [0.2, 0.25) is 5.02 Å². The molecule has 0 aliphatic carbocycles. The molecule has 0 atom stereocenters. The molecule has 9 heteroatoms. The maximum Gasteiger partial charge on any atom is 0.337 e. The molecular weight excluding hydrogens is 432 g/mol. The molecule has 3 N–H and O–H groups in total. The van der Waals surface area contributed by atoms with Gasteiger partial charge in [-0.2, -0.15) is 0 Å². The number of nitrogens with one attached hydrogen (secondary N) is 2. The third-order valence-electron chi connectivity index (χ3n) is 5.25. The van der Waals surface area contributed by atoms with Crippen molar-refractivity contribution in [3.63, 3.8) is 0 Å². The van der Waals surface area contributed by atoms with Gasteiger partial charge >= 0.3 is 5.97 Å². The second kappa shape index (κ2) is 11.0. The number of amides is 2. The van der Waals surface area contributed by atoms with Crippen LogP contribution in [0.15, 0.2) is 42.5 Å². The zero-order valence-electron chi connectivity index (χ0n) is 17.9. The van der Waals surface area contributed by atoms with Crippen molar-refractivity contribution in [1.29, 1.82) is 0 Å². The Morgan fingerprint density at radius 2 is 1.81 bits per heavy atom. The van der Waals surface area contributed by atoms with Crippen LogP contribution in [0.25, 0.3) is 0 Å². The number of carbonyl (C=O) groups excluding carboxylic acids is 2. The van der Waals surface area contributed by atoms with E-state index in [1.807, 2.05) is 6.92 Å². The predicted molar refractivity (Wildman–Crippen MR) is 125 cm³/mol. The Morgan fingerprint density at radius 1 is 1.06 bits per heavy atom. The van der Waals surface area contributed by atoms with E-state index in [0.29, 0.717) is 49.9 Å². The molecular formula is C23H27ClN4O4. The van der Waals surface area contributed by atoms with E-state index in [2.05, 4.69) is 20.4 Å². The van der Waals surface area contributed by atoms with E-state index >= 15 is 0 Å². The van der Waals surface area contributed by atoms with E-state index in [4.69, 9.17) is 11.6 Å². The first-order valence-corrected chi connectivity index (χ1v) is 10.9. The summed E-state index contributed by atoms with van der Waals surface area (Å²) in [7, 11) is 0. The van der Waals surface area contributed by atoms with Crippen LogP contribution < -0.4 is 15.5 Å². The van der Waals surface area contributed by atoms with Crippen LogP contribution in [0.4, 0.5) is 11.4 Å². The van der Waals surface area contributed by atoms with Crippen molar-refractivity contribution in [3.8, 4) is 0 Å². The van der Waals surface area contributed by atoms with Crippen molar-refractivity contribution >= 4 is 40.8 Å². The summed E-state index contributed by atoms with van der Waals surface area (Å²) >= 11 is 5.94. The first-order chi connectivity index (χ1) is 15.4. The molecule has 1 heterocycles. The fourth-order valence-corrected chi connectivity index (χ4v) is 3.72. The number of carbonyl (C=O) groups is 3. The zero-order chi connectivity index (χ0) is 23.1. The minimum absolute atomic E-state index is 0.0132. The molecule has 0 saturated carbocycles. The molecule has 0 aromatic heterocycles. The maximum atomic E-state index is 12.5. The number of hydrogen-bond acceptors (Lipinski definition) is 5. The molecule has 0 radical (unpaired) electrons. The summed E-state index contributed by atoms with van der Waals surface area (Å²) in [6.45, 7) is 5.81. The van der Waals surface area contributed by atoms with Gasteiger partial charge < -0.3 is 20.6 Å². The fourth-order valence-electron chi connectivity index (χ4n) is 3.53. The van der Waals surface area contributed by atoms with Crippen LogP contribution in [0, 0.1) is 0 Å².